The van der Waals surface area contributed by atoms with E-state index in [0.717, 1.165) is 16.7 Å². The van der Waals surface area contributed by atoms with Gasteiger partial charge in [-0.3, -0.25) is 4.79 Å². The first kappa shape index (κ1) is 25.6. The van der Waals surface area contributed by atoms with E-state index in [1.165, 1.54) is 6.08 Å². The molecule has 0 aromatic heterocycles. The molecule has 1 N–H and O–H groups in total. The zero-order valence-corrected chi connectivity index (χ0v) is 20.6. The Morgan fingerprint density at radius 1 is 1.14 bits per heavy atom. The van der Waals surface area contributed by atoms with E-state index in [1.807, 2.05) is 56.3 Å². The summed E-state index contributed by atoms with van der Waals surface area (Å²) < 4.78 is 12.0. The number of hydrogen-bond acceptors (Lipinski definition) is 4. The first-order valence-corrected chi connectivity index (χ1v) is 11.6. The molecule has 0 aliphatic heterocycles. The first-order chi connectivity index (χ1) is 16.9. The summed E-state index contributed by atoms with van der Waals surface area (Å²) in [5.74, 6) is 0.627. The fraction of sp³-hybridized carbons (Fsp3) is 0.172. The lowest BCUT2D eigenvalue weighted by atomic mass is 10.0. The Morgan fingerprint density at radius 2 is 1.91 bits per heavy atom. The zero-order chi connectivity index (χ0) is 25.2. The predicted molar refractivity (Wildman–Crippen MR) is 141 cm³/mol. The smallest absolute Gasteiger partial charge is 0.266 e. The van der Waals surface area contributed by atoms with Crippen molar-refractivity contribution in [1.29, 1.82) is 5.26 Å². The van der Waals surface area contributed by atoms with E-state index < -0.39 is 5.91 Å². The minimum Gasteiger partial charge on any atom is -0.490 e. The summed E-state index contributed by atoms with van der Waals surface area (Å²) >= 11 is 6.15. The van der Waals surface area contributed by atoms with Crippen LogP contribution in [0, 0.1) is 18.3 Å². The molecule has 0 saturated heterocycles. The van der Waals surface area contributed by atoms with Crippen LogP contribution in [0.15, 0.2) is 78.9 Å². The minimum absolute atomic E-state index is 0.0494. The summed E-state index contributed by atoms with van der Waals surface area (Å²) in [4.78, 5) is 12.8. The molecule has 0 unspecified atom stereocenters. The second-order valence-corrected chi connectivity index (χ2v) is 8.20. The van der Waals surface area contributed by atoms with Crippen LogP contribution in [0.25, 0.3) is 6.08 Å². The minimum atomic E-state index is -0.528. The maximum atomic E-state index is 12.8. The number of amides is 1. The lowest BCUT2D eigenvalue weighted by Gasteiger charge is -2.17. The quantitative estimate of drug-likeness (QED) is 0.192. The van der Waals surface area contributed by atoms with Crippen molar-refractivity contribution >= 4 is 29.3 Å². The zero-order valence-electron chi connectivity index (χ0n) is 19.8. The highest BCUT2D eigenvalue weighted by Gasteiger charge is 2.16. The molecular weight excluding hydrogens is 460 g/mol. The average molecular weight is 487 g/mol. The first-order valence-electron chi connectivity index (χ1n) is 11.2. The molecule has 0 heterocycles. The number of benzene rings is 3. The number of nitrogens with one attached hydrogen (secondary N) is 1. The van der Waals surface area contributed by atoms with E-state index in [0.29, 0.717) is 47.4 Å². The van der Waals surface area contributed by atoms with Gasteiger partial charge >= 0.3 is 0 Å². The van der Waals surface area contributed by atoms with E-state index in [2.05, 4.69) is 11.9 Å². The molecule has 35 heavy (non-hydrogen) atoms. The van der Waals surface area contributed by atoms with E-state index in [1.54, 1.807) is 30.3 Å². The monoisotopic (exact) mass is 486 g/mol. The lowest BCUT2D eigenvalue weighted by molar-refractivity contribution is -0.112. The van der Waals surface area contributed by atoms with Crippen molar-refractivity contribution in [3.63, 3.8) is 0 Å². The molecule has 0 aliphatic carbocycles. The van der Waals surface area contributed by atoms with Crippen LogP contribution in [0.5, 0.6) is 11.5 Å². The van der Waals surface area contributed by atoms with E-state index in [9.17, 15) is 10.1 Å². The largest absolute Gasteiger partial charge is 0.490 e. The van der Waals surface area contributed by atoms with Crippen molar-refractivity contribution in [1.82, 2.24) is 0 Å². The normalized spacial score (nSPS) is 10.9. The van der Waals surface area contributed by atoms with E-state index in [-0.39, 0.29) is 5.57 Å². The summed E-state index contributed by atoms with van der Waals surface area (Å²) in [5.41, 5.74) is 3.88. The molecule has 1 amide bonds. The number of hydrogen-bond donors (Lipinski definition) is 1. The summed E-state index contributed by atoms with van der Waals surface area (Å²) in [6.07, 6.45) is 3.83. The van der Waals surface area contributed by atoms with Crippen LogP contribution in [0.1, 0.15) is 29.2 Å². The fourth-order valence-corrected chi connectivity index (χ4v) is 3.60. The number of nitrogens with zero attached hydrogens (tertiary/aromatic N) is 1. The molecule has 0 atom stereocenters. The second-order valence-electron chi connectivity index (χ2n) is 7.80. The van der Waals surface area contributed by atoms with Gasteiger partial charge in [-0.1, -0.05) is 54.1 Å². The molecule has 0 fully saturated rings. The van der Waals surface area contributed by atoms with Crippen molar-refractivity contribution in [2.75, 3.05) is 11.9 Å². The van der Waals surface area contributed by atoms with Gasteiger partial charge in [0.2, 0.25) is 0 Å². The van der Waals surface area contributed by atoms with Gasteiger partial charge in [0, 0.05) is 16.3 Å². The Kier molecular flexibility index (Phi) is 9.11. The Labute approximate surface area is 211 Å². The Hall–Kier alpha value is -4.01. The number of carbonyl (C=O) groups is 1. The molecule has 5 nitrogen and oxygen atoms in total. The van der Waals surface area contributed by atoms with Crippen LogP contribution in [-0.4, -0.2) is 12.5 Å². The van der Waals surface area contributed by atoms with Gasteiger partial charge in [0.1, 0.15) is 18.2 Å². The van der Waals surface area contributed by atoms with Crippen molar-refractivity contribution in [3.05, 3.63) is 106 Å². The maximum Gasteiger partial charge on any atom is 0.266 e. The Morgan fingerprint density at radius 3 is 2.57 bits per heavy atom. The van der Waals surface area contributed by atoms with Crippen LogP contribution in [0.4, 0.5) is 5.69 Å². The molecule has 0 aliphatic rings. The van der Waals surface area contributed by atoms with Crippen LogP contribution < -0.4 is 14.8 Å². The topological polar surface area (TPSA) is 71.4 Å². The lowest BCUT2D eigenvalue weighted by Crippen LogP contribution is -2.13. The molecule has 0 bridgehead atoms. The molecule has 178 valence electrons. The standard InChI is InChI=1S/C29H27ClN2O3/c1-4-9-23-14-22(15-24(18-31)29(33)32-25-13-12-20(3)26(30)17-25)16-27(34-5-2)28(23)35-19-21-10-7-6-8-11-21/h4,6-8,10-17H,1,5,9,19H2,2-3H3,(H,32,33)/b24-15-. The van der Waals surface area contributed by atoms with Gasteiger partial charge in [0.05, 0.1) is 6.61 Å². The van der Waals surface area contributed by atoms with Crippen LogP contribution in [0.3, 0.4) is 0 Å². The fourth-order valence-electron chi connectivity index (χ4n) is 3.41. The molecule has 0 radical (unpaired) electrons. The summed E-state index contributed by atoms with van der Waals surface area (Å²) in [7, 11) is 0. The summed E-state index contributed by atoms with van der Waals surface area (Å²) in [5, 5.41) is 12.9. The molecule has 3 rings (SSSR count). The van der Waals surface area contributed by atoms with Crippen LogP contribution >= 0.6 is 11.6 Å². The number of carbonyl (C=O) groups excluding carboxylic acids is 1. The number of nitriles is 1. The van der Waals surface area contributed by atoms with Crippen molar-refractivity contribution in [2.24, 2.45) is 0 Å². The van der Waals surface area contributed by atoms with Gasteiger partial charge in [0.15, 0.2) is 11.5 Å². The number of ether oxygens (including phenoxy) is 2. The van der Waals surface area contributed by atoms with Crippen molar-refractivity contribution in [2.45, 2.75) is 26.9 Å². The van der Waals surface area contributed by atoms with Gasteiger partial charge in [0.25, 0.3) is 5.91 Å². The molecule has 6 heteroatoms. The third-order valence-corrected chi connectivity index (χ3v) is 5.56. The number of aryl methyl sites for hydroxylation is 1. The van der Waals surface area contributed by atoms with E-state index >= 15 is 0 Å². The van der Waals surface area contributed by atoms with Crippen LogP contribution in [0.2, 0.25) is 5.02 Å². The van der Waals surface area contributed by atoms with Crippen molar-refractivity contribution < 1.29 is 14.3 Å². The third kappa shape index (κ3) is 6.99. The molecule has 3 aromatic rings. The van der Waals surface area contributed by atoms with Gasteiger partial charge < -0.3 is 14.8 Å². The summed E-state index contributed by atoms with van der Waals surface area (Å²) in [6.45, 7) is 8.42. The van der Waals surface area contributed by atoms with Crippen molar-refractivity contribution in [3.8, 4) is 17.6 Å². The number of rotatable bonds is 10. The summed E-state index contributed by atoms with van der Waals surface area (Å²) in [6, 6.07) is 20.7. The Bertz CT molecular complexity index is 1280. The maximum absolute atomic E-state index is 12.8. The molecule has 3 aromatic carbocycles. The highest BCUT2D eigenvalue weighted by atomic mass is 35.5. The molecule has 0 saturated carbocycles. The number of halogens is 1. The number of anilines is 1. The SMILES string of the molecule is C=CCc1cc(/C=C(/C#N)C(=O)Nc2ccc(C)c(Cl)c2)cc(OCC)c1OCc1ccccc1. The number of allylic oxidation sites excluding steroid dienone is 1. The van der Waals surface area contributed by atoms with Gasteiger partial charge in [-0.2, -0.15) is 5.26 Å². The molecular formula is C29H27ClN2O3. The van der Waals surface area contributed by atoms with Crippen LogP contribution in [-0.2, 0) is 17.8 Å². The van der Waals surface area contributed by atoms with Gasteiger partial charge in [-0.15, -0.1) is 6.58 Å². The highest BCUT2D eigenvalue weighted by molar-refractivity contribution is 6.31. The highest BCUT2D eigenvalue weighted by Crippen LogP contribution is 2.35. The predicted octanol–water partition coefficient (Wildman–Crippen LogP) is 6.90. The van der Waals surface area contributed by atoms with Gasteiger partial charge in [-0.05, 0) is 67.3 Å². The Balaban J connectivity index is 1.92. The average Bonchev–Trinajstić information content (AvgIpc) is 2.85. The molecule has 0 spiro atoms. The van der Waals surface area contributed by atoms with Gasteiger partial charge in [-0.25, -0.2) is 0 Å². The second kappa shape index (κ2) is 12.5. The third-order valence-electron chi connectivity index (χ3n) is 5.15. The van der Waals surface area contributed by atoms with E-state index in [4.69, 9.17) is 21.1 Å².